The van der Waals surface area contributed by atoms with E-state index in [0.29, 0.717) is 11.3 Å². The molecule has 0 radical (unpaired) electrons. The molecule has 0 bridgehead atoms. The number of anilines is 1. The second-order valence-electron chi connectivity index (χ2n) is 6.04. The maximum atomic E-state index is 12.8. The molecule has 0 heterocycles. The lowest BCUT2D eigenvalue weighted by Gasteiger charge is -2.20. The van der Waals surface area contributed by atoms with E-state index in [9.17, 15) is 13.2 Å². The molecule has 126 valence electrons. The third kappa shape index (κ3) is 3.14. The second-order valence-corrected chi connectivity index (χ2v) is 7.69. The van der Waals surface area contributed by atoms with Crippen LogP contribution in [0.3, 0.4) is 0 Å². The van der Waals surface area contributed by atoms with Gasteiger partial charge in [0.05, 0.1) is 16.1 Å². The number of carboxylic acids is 1. The molecule has 0 saturated heterocycles. The van der Waals surface area contributed by atoms with Gasteiger partial charge in [0.25, 0.3) is 10.0 Å². The molecule has 0 aliphatic heterocycles. The Hall–Kier alpha value is -2.34. The Morgan fingerprint density at radius 3 is 2.62 bits per heavy atom. The first-order valence-corrected chi connectivity index (χ1v) is 9.34. The first-order valence-electron chi connectivity index (χ1n) is 7.86. The summed E-state index contributed by atoms with van der Waals surface area (Å²) in [6.45, 7) is 1.65. The molecular formula is C18H19NO4S. The Balaban J connectivity index is 2.01. The maximum absolute atomic E-state index is 12.8. The maximum Gasteiger partial charge on any atom is 0.335 e. The zero-order chi connectivity index (χ0) is 17.3. The minimum Gasteiger partial charge on any atom is -0.478 e. The van der Waals surface area contributed by atoms with Crippen molar-refractivity contribution in [2.45, 2.75) is 37.5 Å². The highest BCUT2D eigenvalue weighted by molar-refractivity contribution is 7.92. The van der Waals surface area contributed by atoms with E-state index in [1.807, 2.05) is 12.1 Å². The third-order valence-corrected chi connectivity index (χ3v) is 5.87. The predicted molar refractivity (Wildman–Crippen MR) is 92.0 cm³/mol. The topological polar surface area (TPSA) is 83.5 Å². The first-order chi connectivity index (χ1) is 11.4. The summed E-state index contributed by atoms with van der Waals surface area (Å²) in [5.74, 6) is -1.15. The highest BCUT2D eigenvalue weighted by atomic mass is 32.2. The molecule has 24 heavy (non-hydrogen) atoms. The van der Waals surface area contributed by atoms with Crippen molar-refractivity contribution < 1.29 is 18.3 Å². The lowest BCUT2D eigenvalue weighted by Crippen LogP contribution is -2.17. The van der Waals surface area contributed by atoms with Gasteiger partial charge in [0.15, 0.2) is 0 Å². The van der Waals surface area contributed by atoms with Gasteiger partial charge in [0, 0.05) is 0 Å². The van der Waals surface area contributed by atoms with E-state index in [4.69, 9.17) is 5.11 Å². The minimum atomic E-state index is -3.85. The molecule has 0 amide bonds. The number of hydrogen-bond donors (Lipinski definition) is 2. The fraction of sp³-hybridized carbons (Fsp3) is 0.278. The predicted octanol–water partition coefficient (Wildman–Crippen LogP) is 3.37. The van der Waals surface area contributed by atoms with Gasteiger partial charge in [-0.1, -0.05) is 18.2 Å². The molecule has 0 aromatic heterocycles. The van der Waals surface area contributed by atoms with Crippen LogP contribution in [0.15, 0.2) is 41.3 Å². The molecule has 3 rings (SSSR count). The molecule has 0 fully saturated rings. The molecule has 6 heteroatoms. The number of fused-ring (bicyclic) bond motifs is 1. The standard InChI is InChI=1S/C18H19NO4S/c1-12-9-10-14(18(20)21)11-17(12)24(22,23)19-16-8-4-6-13-5-2-3-7-15(13)16/h4,6,8-11,19H,2-3,5,7H2,1H3,(H,20,21). The van der Waals surface area contributed by atoms with E-state index in [1.165, 1.54) is 23.8 Å². The number of hydrogen-bond acceptors (Lipinski definition) is 3. The smallest absolute Gasteiger partial charge is 0.335 e. The van der Waals surface area contributed by atoms with Crippen molar-refractivity contribution in [3.8, 4) is 0 Å². The highest BCUT2D eigenvalue weighted by Gasteiger charge is 2.22. The van der Waals surface area contributed by atoms with Crippen molar-refractivity contribution in [2.24, 2.45) is 0 Å². The Kier molecular flexibility index (Phi) is 4.32. The quantitative estimate of drug-likeness (QED) is 0.890. The average Bonchev–Trinajstić information content (AvgIpc) is 2.55. The van der Waals surface area contributed by atoms with Gasteiger partial charge in [-0.25, -0.2) is 13.2 Å². The molecule has 0 spiro atoms. The van der Waals surface area contributed by atoms with Gasteiger partial charge >= 0.3 is 5.97 Å². The van der Waals surface area contributed by atoms with Gasteiger partial charge in [-0.2, -0.15) is 0 Å². The molecule has 1 aliphatic carbocycles. The van der Waals surface area contributed by atoms with Crippen molar-refractivity contribution in [3.63, 3.8) is 0 Å². The zero-order valence-electron chi connectivity index (χ0n) is 13.4. The lowest BCUT2D eigenvalue weighted by molar-refractivity contribution is 0.0696. The highest BCUT2D eigenvalue weighted by Crippen LogP contribution is 2.30. The van der Waals surface area contributed by atoms with Crippen LogP contribution in [0.25, 0.3) is 0 Å². The van der Waals surface area contributed by atoms with Crippen molar-refractivity contribution in [1.29, 1.82) is 0 Å². The zero-order valence-corrected chi connectivity index (χ0v) is 14.2. The van der Waals surface area contributed by atoms with E-state index < -0.39 is 16.0 Å². The van der Waals surface area contributed by atoms with Gasteiger partial charge in [-0.05, 0) is 67.5 Å². The SMILES string of the molecule is Cc1ccc(C(=O)O)cc1S(=O)(=O)Nc1cccc2c1CCCC2. The lowest BCUT2D eigenvalue weighted by atomic mass is 9.91. The number of carboxylic acid groups (broad SMARTS) is 1. The van der Waals surface area contributed by atoms with Crippen molar-refractivity contribution >= 4 is 21.7 Å². The summed E-state index contributed by atoms with van der Waals surface area (Å²) in [6, 6.07) is 9.76. The Morgan fingerprint density at radius 1 is 1.12 bits per heavy atom. The Labute approximate surface area is 141 Å². The number of rotatable bonds is 4. The van der Waals surface area contributed by atoms with E-state index in [2.05, 4.69) is 4.72 Å². The molecule has 0 unspecified atom stereocenters. The Bertz CT molecular complexity index is 903. The summed E-state index contributed by atoms with van der Waals surface area (Å²) < 4.78 is 28.2. The van der Waals surface area contributed by atoms with Crippen LogP contribution in [-0.2, 0) is 22.9 Å². The third-order valence-electron chi connectivity index (χ3n) is 4.36. The van der Waals surface area contributed by atoms with Crippen LogP contribution < -0.4 is 4.72 Å². The molecule has 0 saturated carbocycles. The number of aromatic carboxylic acids is 1. The van der Waals surface area contributed by atoms with Crippen molar-refractivity contribution in [1.82, 2.24) is 0 Å². The fourth-order valence-electron chi connectivity index (χ4n) is 3.10. The number of nitrogens with one attached hydrogen (secondary N) is 1. The second kappa shape index (κ2) is 6.28. The van der Waals surface area contributed by atoms with Crippen LogP contribution in [0.5, 0.6) is 0 Å². The van der Waals surface area contributed by atoms with E-state index >= 15 is 0 Å². The normalized spacial score (nSPS) is 14.0. The van der Waals surface area contributed by atoms with E-state index in [-0.39, 0.29) is 10.5 Å². The largest absolute Gasteiger partial charge is 0.478 e. The summed E-state index contributed by atoms with van der Waals surface area (Å²) in [7, 11) is -3.85. The molecule has 0 atom stereocenters. The average molecular weight is 345 g/mol. The van der Waals surface area contributed by atoms with Crippen LogP contribution in [0.2, 0.25) is 0 Å². The summed E-state index contributed by atoms with van der Waals surface area (Å²) in [6.07, 6.45) is 3.96. The van der Waals surface area contributed by atoms with Gasteiger partial charge < -0.3 is 5.11 Å². The molecule has 5 nitrogen and oxygen atoms in total. The van der Waals surface area contributed by atoms with E-state index in [0.717, 1.165) is 31.2 Å². The van der Waals surface area contributed by atoms with Crippen molar-refractivity contribution in [3.05, 3.63) is 58.7 Å². The van der Waals surface area contributed by atoms with Crippen LogP contribution >= 0.6 is 0 Å². The van der Waals surface area contributed by atoms with Crippen LogP contribution in [-0.4, -0.2) is 19.5 Å². The first kappa shape index (κ1) is 16.5. The van der Waals surface area contributed by atoms with E-state index in [1.54, 1.807) is 13.0 Å². The summed E-state index contributed by atoms with van der Waals surface area (Å²) >= 11 is 0. The van der Waals surface area contributed by atoms with Crippen LogP contribution in [0.4, 0.5) is 5.69 Å². The Morgan fingerprint density at radius 2 is 1.88 bits per heavy atom. The molecule has 2 aromatic rings. The van der Waals surface area contributed by atoms with Gasteiger partial charge in [0.1, 0.15) is 0 Å². The molecule has 1 aliphatic rings. The van der Waals surface area contributed by atoms with Gasteiger partial charge in [-0.15, -0.1) is 0 Å². The number of carbonyl (C=O) groups is 1. The molecule has 2 aromatic carbocycles. The van der Waals surface area contributed by atoms with Crippen molar-refractivity contribution in [2.75, 3.05) is 4.72 Å². The molecular weight excluding hydrogens is 326 g/mol. The summed E-state index contributed by atoms with van der Waals surface area (Å²) in [5, 5.41) is 9.10. The number of sulfonamides is 1. The fourth-order valence-corrected chi connectivity index (χ4v) is 4.46. The monoisotopic (exact) mass is 345 g/mol. The number of benzene rings is 2. The van der Waals surface area contributed by atoms with Gasteiger partial charge in [-0.3, -0.25) is 4.72 Å². The summed E-state index contributed by atoms with van der Waals surface area (Å²) in [5.41, 5.74) is 3.28. The minimum absolute atomic E-state index is 0.00388. The van der Waals surface area contributed by atoms with Gasteiger partial charge in [0.2, 0.25) is 0 Å². The summed E-state index contributed by atoms with van der Waals surface area (Å²) in [4.78, 5) is 11.1. The van der Waals surface area contributed by atoms with Crippen LogP contribution in [0, 0.1) is 6.92 Å². The number of aryl methyl sites for hydroxylation is 2. The molecule has 2 N–H and O–H groups in total. The van der Waals surface area contributed by atoms with Crippen LogP contribution in [0.1, 0.15) is 39.9 Å².